The molecule has 154 valence electrons. The molecule has 0 N–H and O–H groups in total. The number of methoxy groups -OCH3 is 1. The number of hydrogen-bond acceptors (Lipinski definition) is 6. The minimum Gasteiger partial charge on any atom is -0.494 e. The van der Waals surface area contributed by atoms with Crippen LogP contribution >= 0.6 is 15.9 Å². The Labute approximate surface area is 182 Å². The Morgan fingerprint density at radius 1 is 1.27 bits per heavy atom. The largest absolute Gasteiger partial charge is 0.494 e. The molecule has 1 unspecified atom stereocenters. The van der Waals surface area contributed by atoms with Gasteiger partial charge in [-0.15, -0.1) is 0 Å². The first kappa shape index (κ1) is 20.3. The molecule has 7 nitrogen and oxygen atoms in total. The molecule has 30 heavy (non-hydrogen) atoms. The number of anilines is 1. The first-order valence-corrected chi connectivity index (χ1v) is 10.1. The summed E-state index contributed by atoms with van der Waals surface area (Å²) in [7, 11) is 5.21. The molecule has 0 saturated carbocycles. The van der Waals surface area contributed by atoms with E-state index in [9.17, 15) is 14.4 Å². The van der Waals surface area contributed by atoms with Gasteiger partial charge in [-0.25, -0.2) is 9.38 Å². The number of amidine groups is 1. The van der Waals surface area contributed by atoms with Crippen LogP contribution < -0.4 is 9.64 Å². The molecule has 2 aliphatic rings. The van der Waals surface area contributed by atoms with E-state index in [1.54, 1.807) is 12.1 Å². The van der Waals surface area contributed by atoms with E-state index in [1.165, 1.54) is 30.2 Å². The van der Waals surface area contributed by atoms with E-state index in [1.807, 2.05) is 23.9 Å². The van der Waals surface area contributed by atoms with Crippen LogP contribution in [-0.4, -0.2) is 62.0 Å². The van der Waals surface area contributed by atoms with E-state index in [2.05, 4.69) is 22.0 Å². The predicted octanol–water partition coefficient (Wildman–Crippen LogP) is 3.36. The van der Waals surface area contributed by atoms with Crippen molar-refractivity contribution >= 4 is 39.0 Å². The van der Waals surface area contributed by atoms with Crippen molar-refractivity contribution in [1.82, 2.24) is 9.80 Å². The highest BCUT2D eigenvalue weighted by Crippen LogP contribution is 2.38. The van der Waals surface area contributed by atoms with Crippen LogP contribution in [0, 0.1) is 17.1 Å². The lowest BCUT2D eigenvalue weighted by atomic mass is 10.1. The number of amides is 1. The Kier molecular flexibility index (Phi) is 5.22. The van der Waals surface area contributed by atoms with E-state index in [-0.39, 0.29) is 17.2 Å². The number of halogens is 2. The van der Waals surface area contributed by atoms with Crippen molar-refractivity contribution in [2.24, 2.45) is 4.99 Å². The fraction of sp³-hybridized carbons (Fsp3) is 0.286. The number of rotatable bonds is 2. The van der Waals surface area contributed by atoms with Crippen molar-refractivity contribution in [2.45, 2.75) is 6.17 Å². The molecule has 1 fully saturated rings. The number of likely N-dealkylation sites (N-methyl/N-ethyl adjacent to an activating group) is 2. The third kappa shape index (κ3) is 3.22. The predicted molar refractivity (Wildman–Crippen MR) is 115 cm³/mol. The fourth-order valence-electron chi connectivity index (χ4n) is 3.75. The number of fused-ring (bicyclic) bond motifs is 2. The van der Waals surface area contributed by atoms with Crippen molar-refractivity contribution < 1.29 is 13.9 Å². The van der Waals surface area contributed by atoms with Crippen LogP contribution in [0.3, 0.4) is 0 Å². The molecule has 0 spiro atoms. The molecule has 0 aliphatic carbocycles. The van der Waals surface area contributed by atoms with Crippen LogP contribution in [0.5, 0.6) is 5.75 Å². The van der Waals surface area contributed by atoms with Gasteiger partial charge in [0, 0.05) is 36.4 Å². The van der Waals surface area contributed by atoms with Crippen molar-refractivity contribution in [3.8, 4) is 11.8 Å². The summed E-state index contributed by atoms with van der Waals surface area (Å²) in [5.74, 6) is -0.167. The highest BCUT2D eigenvalue weighted by atomic mass is 79.9. The molecular formula is C21H19BrFN5O2. The van der Waals surface area contributed by atoms with Crippen LogP contribution in [0.25, 0.3) is 0 Å². The summed E-state index contributed by atoms with van der Waals surface area (Å²) >= 11 is 3.46. The average molecular weight is 472 g/mol. The van der Waals surface area contributed by atoms with Crippen molar-refractivity contribution in [3.63, 3.8) is 0 Å². The molecule has 0 bridgehead atoms. The van der Waals surface area contributed by atoms with Gasteiger partial charge in [-0.3, -0.25) is 14.6 Å². The van der Waals surface area contributed by atoms with Gasteiger partial charge >= 0.3 is 0 Å². The molecule has 2 heterocycles. The smallest absolute Gasteiger partial charge is 0.262 e. The molecule has 2 aliphatic heterocycles. The standard InChI is InChI=1S/C21H19BrFN5O2/c1-26-6-7-27(2)20-19(26)25-18-14(8-12(11-24)9-15(18)22)21(29)28(20)13-4-5-17(30-3)16(23)10-13/h4-5,8-10,20H,6-7H2,1-3H3. The highest BCUT2D eigenvalue weighted by molar-refractivity contribution is 9.10. The minimum absolute atomic E-state index is 0.0962. The number of carbonyl (C=O) groups is 1. The first-order chi connectivity index (χ1) is 14.3. The quantitative estimate of drug-likeness (QED) is 0.671. The number of hydrogen-bond donors (Lipinski definition) is 0. The van der Waals surface area contributed by atoms with E-state index < -0.39 is 12.0 Å². The van der Waals surface area contributed by atoms with Crippen molar-refractivity contribution in [1.29, 1.82) is 5.26 Å². The molecule has 1 atom stereocenters. The Hall–Kier alpha value is -2.96. The maximum absolute atomic E-state index is 14.5. The minimum atomic E-state index is -0.565. The number of ether oxygens (including phenoxy) is 1. The third-order valence-corrected chi connectivity index (χ3v) is 5.96. The van der Waals surface area contributed by atoms with Crippen LogP contribution in [0.4, 0.5) is 15.8 Å². The number of aliphatic imine (C=N–C) groups is 1. The molecule has 2 aromatic carbocycles. The normalized spacial score (nSPS) is 18.9. The Morgan fingerprint density at radius 2 is 2.03 bits per heavy atom. The maximum Gasteiger partial charge on any atom is 0.262 e. The van der Waals surface area contributed by atoms with Gasteiger partial charge < -0.3 is 9.64 Å². The molecular weight excluding hydrogens is 453 g/mol. The summed E-state index contributed by atoms with van der Waals surface area (Å²) in [6.07, 6.45) is -0.533. The maximum atomic E-state index is 14.5. The Bertz CT molecular complexity index is 1110. The molecule has 0 radical (unpaired) electrons. The number of piperazine rings is 1. The lowest BCUT2D eigenvalue weighted by Crippen LogP contribution is -2.62. The lowest BCUT2D eigenvalue weighted by molar-refractivity contribution is 0.0949. The van der Waals surface area contributed by atoms with Crippen LogP contribution in [-0.2, 0) is 0 Å². The molecule has 1 saturated heterocycles. The zero-order valence-corrected chi connectivity index (χ0v) is 18.3. The monoisotopic (exact) mass is 471 g/mol. The Morgan fingerprint density at radius 3 is 2.70 bits per heavy atom. The van der Waals surface area contributed by atoms with E-state index in [0.29, 0.717) is 33.8 Å². The van der Waals surface area contributed by atoms with Crippen LogP contribution in [0.2, 0.25) is 0 Å². The summed E-state index contributed by atoms with van der Waals surface area (Å²) in [6.45, 7) is 1.43. The van der Waals surface area contributed by atoms with E-state index in [0.717, 1.165) is 6.54 Å². The SMILES string of the molecule is COc1ccc(N2C(=O)c3cc(C#N)cc(Br)c3N=C3C2N(C)CCN3C)cc1F. The summed E-state index contributed by atoms with van der Waals surface area (Å²) in [5.41, 5.74) is 1.45. The number of benzene rings is 2. The second kappa shape index (κ2) is 7.70. The topological polar surface area (TPSA) is 72.2 Å². The number of carbonyl (C=O) groups excluding carboxylic acids is 1. The van der Waals surface area contributed by atoms with Crippen LogP contribution in [0.1, 0.15) is 15.9 Å². The molecule has 4 rings (SSSR count). The average Bonchev–Trinajstić information content (AvgIpc) is 2.86. The molecule has 1 amide bonds. The van der Waals surface area contributed by atoms with Gasteiger partial charge in [0.25, 0.3) is 5.91 Å². The fourth-order valence-corrected chi connectivity index (χ4v) is 4.30. The highest BCUT2D eigenvalue weighted by Gasteiger charge is 2.41. The van der Waals surface area contributed by atoms with Gasteiger partial charge in [-0.05, 0) is 47.2 Å². The van der Waals surface area contributed by atoms with Gasteiger partial charge in [0.2, 0.25) is 0 Å². The summed E-state index contributed by atoms with van der Waals surface area (Å²) in [6, 6.07) is 9.66. The Balaban J connectivity index is 1.98. The van der Waals surface area contributed by atoms with E-state index >= 15 is 0 Å². The summed E-state index contributed by atoms with van der Waals surface area (Å²) in [4.78, 5) is 24.1. The number of nitrogens with zero attached hydrogens (tertiary/aromatic N) is 5. The molecule has 0 aromatic heterocycles. The van der Waals surface area contributed by atoms with Crippen molar-refractivity contribution in [3.05, 3.63) is 51.7 Å². The van der Waals surface area contributed by atoms with Gasteiger partial charge in [0.1, 0.15) is 12.0 Å². The van der Waals surface area contributed by atoms with Crippen LogP contribution in [0.15, 0.2) is 39.8 Å². The lowest BCUT2D eigenvalue weighted by Gasteiger charge is -2.44. The number of nitriles is 1. The van der Waals surface area contributed by atoms with Gasteiger partial charge in [-0.2, -0.15) is 5.26 Å². The molecule has 9 heteroatoms. The first-order valence-electron chi connectivity index (χ1n) is 9.26. The van der Waals surface area contributed by atoms with Gasteiger partial charge in [0.05, 0.1) is 30.0 Å². The summed E-state index contributed by atoms with van der Waals surface area (Å²) < 4.78 is 20.1. The zero-order valence-electron chi connectivity index (χ0n) is 16.7. The molecule has 2 aromatic rings. The second-order valence-corrected chi connectivity index (χ2v) is 8.06. The van der Waals surface area contributed by atoms with E-state index in [4.69, 9.17) is 9.73 Å². The van der Waals surface area contributed by atoms with Crippen molar-refractivity contribution in [2.75, 3.05) is 39.2 Å². The second-order valence-electron chi connectivity index (χ2n) is 7.21. The zero-order chi connectivity index (χ0) is 21.6. The third-order valence-electron chi connectivity index (χ3n) is 5.35. The summed E-state index contributed by atoms with van der Waals surface area (Å²) in [5, 5.41) is 9.38. The van der Waals surface area contributed by atoms with Gasteiger partial charge in [-0.1, -0.05) is 0 Å². The van der Waals surface area contributed by atoms with Gasteiger partial charge in [0.15, 0.2) is 11.6 Å².